The van der Waals surface area contributed by atoms with E-state index in [1.807, 2.05) is 38.2 Å². The maximum absolute atomic E-state index is 13.2. The van der Waals surface area contributed by atoms with Gasteiger partial charge in [-0.15, -0.1) is 5.73 Å². The number of allylic oxidation sites excluding steroid dienone is 4. The molecule has 1 aliphatic carbocycles. The Hall–Kier alpha value is -3.03. The SMILES string of the molecule is CC.CC(Cc1c[nH]c2cc(Cl)ccc12)c1ncc(/C2=C/C=C=C(F)C=C=C2)[nH]1. The van der Waals surface area contributed by atoms with Gasteiger partial charge in [-0.05, 0) is 42.3 Å². The van der Waals surface area contributed by atoms with Gasteiger partial charge >= 0.3 is 0 Å². The van der Waals surface area contributed by atoms with Crippen LogP contribution in [0, 0.1) is 0 Å². The van der Waals surface area contributed by atoms with Crippen LogP contribution in [0.3, 0.4) is 0 Å². The van der Waals surface area contributed by atoms with Crippen molar-refractivity contribution in [2.24, 2.45) is 0 Å². The predicted molar refractivity (Wildman–Crippen MR) is 119 cm³/mol. The van der Waals surface area contributed by atoms with Gasteiger partial charge in [-0.2, -0.15) is 4.39 Å². The smallest absolute Gasteiger partial charge is 0.173 e. The van der Waals surface area contributed by atoms with Crippen LogP contribution in [0.15, 0.2) is 72.2 Å². The summed E-state index contributed by atoms with van der Waals surface area (Å²) in [6, 6.07) is 5.88. The zero-order valence-corrected chi connectivity index (χ0v) is 17.4. The molecule has 2 aromatic heterocycles. The van der Waals surface area contributed by atoms with E-state index in [1.165, 1.54) is 17.0 Å². The highest BCUT2D eigenvalue weighted by molar-refractivity contribution is 6.31. The second-order valence-corrected chi connectivity index (χ2v) is 6.96. The van der Waals surface area contributed by atoms with E-state index in [1.54, 1.807) is 24.4 Å². The van der Waals surface area contributed by atoms with E-state index in [2.05, 4.69) is 33.3 Å². The summed E-state index contributed by atoms with van der Waals surface area (Å²) in [5, 5.41) is 1.89. The van der Waals surface area contributed by atoms with E-state index in [4.69, 9.17) is 11.6 Å². The summed E-state index contributed by atoms with van der Waals surface area (Å²) in [6.07, 6.45) is 11.0. The largest absolute Gasteiger partial charge is 0.361 e. The lowest BCUT2D eigenvalue weighted by molar-refractivity contribution is 0.669. The molecule has 3 aromatic rings. The van der Waals surface area contributed by atoms with Gasteiger partial charge in [0.2, 0.25) is 0 Å². The molecule has 1 aliphatic rings. The fourth-order valence-corrected chi connectivity index (χ4v) is 3.33. The zero-order chi connectivity index (χ0) is 20.8. The fourth-order valence-electron chi connectivity index (χ4n) is 3.16. The van der Waals surface area contributed by atoms with Gasteiger partial charge in [0.05, 0.1) is 11.9 Å². The summed E-state index contributed by atoms with van der Waals surface area (Å²) in [6.45, 7) is 6.14. The van der Waals surface area contributed by atoms with Crippen molar-refractivity contribution < 1.29 is 4.39 Å². The Labute approximate surface area is 175 Å². The van der Waals surface area contributed by atoms with E-state index in [-0.39, 0.29) is 5.92 Å². The molecule has 148 valence electrons. The normalized spacial score (nSPS) is 15.8. The predicted octanol–water partition coefficient (Wildman–Crippen LogP) is 7.03. The first-order valence-electron chi connectivity index (χ1n) is 9.66. The number of fused-ring (bicyclic) bond motifs is 1. The lowest BCUT2D eigenvalue weighted by Gasteiger charge is -2.08. The Morgan fingerprint density at radius 3 is 2.90 bits per heavy atom. The molecule has 0 radical (unpaired) electrons. The average molecular weight is 408 g/mol. The van der Waals surface area contributed by atoms with Crippen LogP contribution in [0.5, 0.6) is 0 Å². The average Bonchev–Trinajstić information content (AvgIpc) is 3.34. The van der Waals surface area contributed by atoms with Crippen molar-refractivity contribution in [1.82, 2.24) is 15.0 Å². The van der Waals surface area contributed by atoms with Gasteiger partial charge in [0.15, 0.2) is 5.83 Å². The van der Waals surface area contributed by atoms with Crippen LogP contribution in [-0.2, 0) is 6.42 Å². The highest BCUT2D eigenvalue weighted by Crippen LogP contribution is 2.27. The number of benzene rings is 1. The second kappa shape index (κ2) is 9.45. The Morgan fingerprint density at radius 2 is 2.07 bits per heavy atom. The maximum Gasteiger partial charge on any atom is 0.173 e. The Kier molecular flexibility index (Phi) is 6.74. The summed E-state index contributed by atoms with van der Waals surface area (Å²) in [5.41, 5.74) is 9.34. The third-order valence-corrected chi connectivity index (χ3v) is 4.80. The molecular formula is C24H23ClFN3. The molecule has 3 nitrogen and oxygen atoms in total. The molecule has 0 amide bonds. The summed E-state index contributed by atoms with van der Waals surface area (Å²) >= 11 is 6.06. The van der Waals surface area contributed by atoms with E-state index in [9.17, 15) is 4.39 Å². The second-order valence-electron chi connectivity index (χ2n) is 6.53. The first-order chi connectivity index (χ1) is 14.1. The number of hydrogen-bond acceptors (Lipinski definition) is 1. The molecule has 0 saturated heterocycles. The first-order valence-corrected chi connectivity index (χ1v) is 10.0. The number of halogens is 2. The quantitative estimate of drug-likeness (QED) is 0.448. The van der Waals surface area contributed by atoms with Gasteiger partial charge in [-0.3, -0.25) is 0 Å². The zero-order valence-electron chi connectivity index (χ0n) is 16.7. The molecule has 1 atom stereocenters. The van der Waals surface area contributed by atoms with Crippen molar-refractivity contribution in [2.45, 2.75) is 33.1 Å². The van der Waals surface area contributed by atoms with Gasteiger partial charge in [0.25, 0.3) is 0 Å². The molecule has 1 unspecified atom stereocenters. The van der Waals surface area contributed by atoms with Crippen LogP contribution in [0.25, 0.3) is 16.5 Å². The lowest BCUT2D eigenvalue weighted by Crippen LogP contribution is -2.00. The van der Waals surface area contributed by atoms with Crippen LogP contribution in [0.1, 0.15) is 43.8 Å². The molecular weight excluding hydrogens is 385 g/mol. The molecule has 2 N–H and O–H groups in total. The van der Waals surface area contributed by atoms with Crippen molar-refractivity contribution in [3.63, 3.8) is 0 Å². The third kappa shape index (κ3) is 4.88. The van der Waals surface area contributed by atoms with Crippen LogP contribution in [0.2, 0.25) is 5.02 Å². The number of aromatic amines is 2. The van der Waals surface area contributed by atoms with Crippen LogP contribution < -0.4 is 0 Å². The minimum absolute atomic E-state index is 0.204. The van der Waals surface area contributed by atoms with E-state index >= 15 is 0 Å². The van der Waals surface area contributed by atoms with Gasteiger partial charge < -0.3 is 9.97 Å². The number of rotatable bonds is 4. The summed E-state index contributed by atoms with van der Waals surface area (Å²) < 4.78 is 13.2. The molecule has 2 heterocycles. The van der Waals surface area contributed by atoms with Gasteiger partial charge in [-0.1, -0.05) is 44.2 Å². The molecule has 0 aliphatic heterocycles. The van der Waals surface area contributed by atoms with E-state index < -0.39 is 5.83 Å². The highest BCUT2D eigenvalue weighted by atomic mass is 35.5. The summed E-state index contributed by atoms with van der Waals surface area (Å²) in [5.74, 6) is 0.662. The van der Waals surface area contributed by atoms with Crippen molar-refractivity contribution in [1.29, 1.82) is 0 Å². The number of aromatic nitrogens is 3. The Morgan fingerprint density at radius 1 is 1.24 bits per heavy atom. The monoisotopic (exact) mass is 407 g/mol. The number of nitrogens with one attached hydrogen (secondary N) is 2. The van der Waals surface area contributed by atoms with Gasteiger partial charge in [-0.25, -0.2) is 4.98 Å². The van der Waals surface area contributed by atoms with Crippen LogP contribution >= 0.6 is 11.6 Å². The molecule has 0 spiro atoms. The molecule has 1 aromatic carbocycles. The van der Waals surface area contributed by atoms with Crippen molar-refractivity contribution in [3.05, 3.63) is 94.3 Å². The van der Waals surface area contributed by atoms with Crippen LogP contribution in [-0.4, -0.2) is 15.0 Å². The number of hydrogen-bond donors (Lipinski definition) is 2. The number of H-pyrrole nitrogens is 2. The molecule has 4 rings (SSSR count). The summed E-state index contributed by atoms with van der Waals surface area (Å²) in [7, 11) is 0. The summed E-state index contributed by atoms with van der Waals surface area (Å²) in [4.78, 5) is 11.2. The van der Waals surface area contributed by atoms with Crippen molar-refractivity contribution in [2.75, 3.05) is 0 Å². The standard InChI is InChI=1S/C22H17ClFN3.C2H6/c1-14(10-16-12-25-20-11-17(23)8-9-19(16)20)22-26-13-21(27-22)15-4-2-6-18(24)7-3-5-15;1-2/h2,4-5,7-9,11-14,25H,10H2,1H3,(H,26,27);1-2H3/b15-4+;. The topological polar surface area (TPSA) is 44.5 Å². The van der Waals surface area contributed by atoms with Crippen molar-refractivity contribution >= 4 is 28.1 Å². The van der Waals surface area contributed by atoms with Gasteiger partial charge in [0.1, 0.15) is 5.82 Å². The number of imidazole rings is 1. The Balaban J connectivity index is 0.00000117. The molecule has 0 fully saturated rings. The molecule has 0 bridgehead atoms. The van der Waals surface area contributed by atoms with Gasteiger partial charge in [0, 0.05) is 39.7 Å². The molecule has 5 heteroatoms. The first kappa shape index (κ1) is 20.7. The third-order valence-electron chi connectivity index (χ3n) is 4.56. The lowest BCUT2D eigenvalue weighted by atomic mass is 10.00. The fraction of sp³-hybridized carbons (Fsp3) is 0.208. The maximum atomic E-state index is 13.2. The minimum Gasteiger partial charge on any atom is -0.361 e. The van der Waals surface area contributed by atoms with Crippen LogP contribution in [0.4, 0.5) is 4.39 Å². The Bertz CT molecular complexity index is 1170. The molecule has 29 heavy (non-hydrogen) atoms. The minimum atomic E-state index is -0.444. The highest BCUT2D eigenvalue weighted by Gasteiger charge is 2.14. The van der Waals surface area contributed by atoms with Crippen molar-refractivity contribution in [3.8, 4) is 0 Å². The number of nitrogens with zero attached hydrogens (tertiary/aromatic N) is 1. The van der Waals surface area contributed by atoms with E-state index in [0.717, 1.165) is 34.1 Å². The van der Waals surface area contributed by atoms with E-state index in [0.29, 0.717) is 0 Å². The molecule has 0 saturated carbocycles.